The molecular weight excluding hydrogens is 230 g/mol. The zero-order valence-corrected chi connectivity index (χ0v) is 8.30. The summed E-state index contributed by atoms with van der Waals surface area (Å²) in [6.45, 7) is 0. The second-order valence-electron chi connectivity index (χ2n) is 2.28. The average Bonchev–Trinajstić information content (AvgIpc) is 2.16. The fourth-order valence-corrected chi connectivity index (χ4v) is 1.26. The van der Waals surface area contributed by atoms with Crippen LogP contribution in [0.25, 0.3) is 0 Å². The van der Waals surface area contributed by atoms with Crippen molar-refractivity contribution in [2.75, 3.05) is 4.72 Å². The fourth-order valence-electron chi connectivity index (χ4n) is 0.850. The monoisotopic (exact) mass is 234 g/mol. The molecule has 1 N–H and O–H groups in total. The molecular formula is C7H5ClNO4S-. The molecule has 1 atom stereocenters. The molecule has 0 amide bonds. The molecule has 0 aliphatic rings. The lowest BCUT2D eigenvalue weighted by Crippen LogP contribution is -2.04. The van der Waals surface area contributed by atoms with Crippen LogP contribution in [0.3, 0.4) is 0 Å². The van der Waals surface area contributed by atoms with Crippen LogP contribution >= 0.6 is 11.9 Å². The summed E-state index contributed by atoms with van der Waals surface area (Å²) in [5.41, 5.74) is 0.424. The van der Waals surface area contributed by atoms with Crippen molar-refractivity contribution in [3.8, 4) is 0 Å². The zero-order valence-electron chi connectivity index (χ0n) is 6.73. The minimum atomic E-state index is -2.43. The van der Waals surface area contributed by atoms with E-state index in [-0.39, 0.29) is 11.3 Å². The van der Waals surface area contributed by atoms with E-state index in [0.717, 1.165) is 0 Å². The summed E-state index contributed by atoms with van der Waals surface area (Å²) in [5, 5.41) is 0. The van der Waals surface area contributed by atoms with Crippen LogP contribution in [-0.2, 0) is 15.6 Å². The smallest absolute Gasteiger partial charge is 0.356 e. The van der Waals surface area contributed by atoms with E-state index in [1.165, 1.54) is 24.3 Å². The quantitative estimate of drug-likeness (QED) is 0.798. The van der Waals surface area contributed by atoms with Gasteiger partial charge in [-0.05, 0) is 18.2 Å². The van der Waals surface area contributed by atoms with Gasteiger partial charge in [0.1, 0.15) is 11.9 Å². The molecule has 1 rings (SSSR count). The lowest BCUT2D eigenvalue weighted by atomic mass is 10.2. The first-order valence-corrected chi connectivity index (χ1v) is 4.80. The second-order valence-corrected chi connectivity index (χ2v) is 3.11. The van der Waals surface area contributed by atoms with Gasteiger partial charge in [0, 0.05) is 17.0 Å². The number of carbonyl (C=O) groups excluding carboxylic acids is 1. The maximum Gasteiger partial charge on any atom is 0.356 e. The summed E-state index contributed by atoms with van der Waals surface area (Å²) >= 11 is 2.43. The fraction of sp³-hybridized carbons (Fsp3) is 0. The number of anilines is 1. The Hall–Kier alpha value is -1.11. The van der Waals surface area contributed by atoms with Gasteiger partial charge in [-0.3, -0.25) is 4.21 Å². The first-order chi connectivity index (χ1) is 6.63. The molecule has 1 aromatic carbocycles. The standard InChI is InChI=1S/C7H6ClNO4S/c8-13-7(10)5-2-1-3-6(4-5)9-14(11)12/h1-4,9H,(H,11,12)/p-1. The minimum absolute atomic E-state index is 0.162. The molecule has 1 unspecified atom stereocenters. The molecule has 7 heteroatoms. The Labute approximate surface area is 87.6 Å². The van der Waals surface area contributed by atoms with Gasteiger partial charge in [0.15, 0.2) is 0 Å². The highest BCUT2D eigenvalue weighted by molar-refractivity contribution is 7.80. The molecule has 0 aromatic heterocycles. The normalized spacial score (nSPS) is 11.9. The summed E-state index contributed by atoms with van der Waals surface area (Å²) in [5.74, 6) is -0.744. The molecule has 0 saturated heterocycles. The molecule has 0 fully saturated rings. The van der Waals surface area contributed by atoms with Crippen LogP contribution in [0.1, 0.15) is 10.4 Å². The predicted molar refractivity (Wildman–Crippen MR) is 50.3 cm³/mol. The molecule has 0 spiro atoms. The number of halogens is 1. The number of nitrogens with one attached hydrogen (secondary N) is 1. The van der Waals surface area contributed by atoms with Crippen LogP contribution in [0.15, 0.2) is 24.3 Å². The van der Waals surface area contributed by atoms with Gasteiger partial charge in [-0.15, -0.1) is 0 Å². The molecule has 5 nitrogen and oxygen atoms in total. The molecule has 0 bridgehead atoms. The molecule has 0 heterocycles. The van der Waals surface area contributed by atoms with Crippen molar-refractivity contribution in [2.45, 2.75) is 0 Å². The lowest BCUT2D eigenvalue weighted by Gasteiger charge is -2.08. The van der Waals surface area contributed by atoms with Crippen molar-refractivity contribution in [1.29, 1.82) is 0 Å². The SMILES string of the molecule is O=C(OCl)c1cccc(NS(=O)[O-])c1. The number of hydrogen-bond acceptors (Lipinski definition) is 4. The minimum Gasteiger partial charge on any atom is -0.755 e. The van der Waals surface area contributed by atoms with Gasteiger partial charge < -0.3 is 13.6 Å². The highest BCUT2D eigenvalue weighted by Gasteiger charge is 2.06. The van der Waals surface area contributed by atoms with E-state index in [9.17, 15) is 13.6 Å². The Morgan fingerprint density at radius 2 is 2.29 bits per heavy atom. The van der Waals surface area contributed by atoms with Gasteiger partial charge >= 0.3 is 5.97 Å². The molecule has 0 saturated carbocycles. The van der Waals surface area contributed by atoms with Gasteiger partial charge in [0.05, 0.1) is 5.56 Å². The van der Waals surface area contributed by atoms with E-state index in [1.54, 1.807) is 0 Å². The molecule has 14 heavy (non-hydrogen) atoms. The Bertz CT molecular complexity index is 370. The number of rotatable bonds is 3. The molecule has 76 valence electrons. The summed E-state index contributed by atoms with van der Waals surface area (Å²) in [6, 6.07) is 5.74. The van der Waals surface area contributed by atoms with Crippen molar-refractivity contribution in [2.24, 2.45) is 0 Å². The van der Waals surface area contributed by atoms with Crippen LogP contribution in [0.4, 0.5) is 5.69 Å². The van der Waals surface area contributed by atoms with Crippen LogP contribution in [0, 0.1) is 0 Å². The average molecular weight is 235 g/mol. The van der Waals surface area contributed by atoms with Gasteiger partial charge in [-0.2, -0.15) is 0 Å². The van der Waals surface area contributed by atoms with E-state index >= 15 is 0 Å². The van der Waals surface area contributed by atoms with E-state index in [2.05, 4.69) is 9.01 Å². The topological polar surface area (TPSA) is 78.5 Å². The van der Waals surface area contributed by atoms with Crippen molar-refractivity contribution in [3.63, 3.8) is 0 Å². The van der Waals surface area contributed by atoms with Crippen LogP contribution in [0.2, 0.25) is 0 Å². The lowest BCUT2D eigenvalue weighted by molar-refractivity contribution is 0.0751. The maximum absolute atomic E-state index is 10.9. The van der Waals surface area contributed by atoms with E-state index in [4.69, 9.17) is 11.9 Å². The molecule has 0 aliphatic carbocycles. The van der Waals surface area contributed by atoms with E-state index in [1.807, 2.05) is 0 Å². The van der Waals surface area contributed by atoms with Gasteiger partial charge in [-0.1, -0.05) is 6.07 Å². The zero-order chi connectivity index (χ0) is 10.6. The summed E-state index contributed by atoms with van der Waals surface area (Å²) in [4.78, 5) is 10.9. The number of benzene rings is 1. The van der Waals surface area contributed by atoms with Crippen molar-refractivity contribution in [1.82, 2.24) is 0 Å². The van der Waals surface area contributed by atoms with Gasteiger partial charge in [0.25, 0.3) is 0 Å². The third kappa shape index (κ3) is 2.99. The van der Waals surface area contributed by atoms with Crippen LogP contribution < -0.4 is 4.72 Å². The highest BCUT2D eigenvalue weighted by Crippen LogP contribution is 2.12. The maximum atomic E-state index is 10.9. The Kier molecular flexibility index (Phi) is 3.87. The highest BCUT2D eigenvalue weighted by atomic mass is 35.5. The van der Waals surface area contributed by atoms with E-state index in [0.29, 0.717) is 0 Å². The Morgan fingerprint density at radius 1 is 1.57 bits per heavy atom. The third-order valence-corrected chi connectivity index (χ3v) is 1.91. The predicted octanol–water partition coefficient (Wildman–Crippen LogP) is 1.20. The Balaban J connectivity index is 2.89. The number of hydrogen-bond donors (Lipinski definition) is 1. The molecule has 0 aliphatic heterocycles. The van der Waals surface area contributed by atoms with Crippen LogP contribution in [-0.4, -0.2) is 14.7 Å². The summed E-state index contributed by atoms with van der Waals surface area (Å²) < 4.78 is 26.6. The van der Waals surface area contributed by atoms with Crippen molar-refractivity contribution < 1.29 is 17.8 Å². The first-order valence-electron chi connectivity index (χ1n) is 3.42. The molecule has 1 aromatic rings. The van der Waals surface area contributed by atoms with E-state index < -0.39 is 17.2 Å². The third-order valence-electron chi connectivity index (χ3n) is 1.37. The van der Waals surface area contributed by atoms with Crippen LogP contribution in [0.5, 0.6) is 0 Å². The first kappa shape index (κ1) is 11.0. The Morgan fingerprint density at radius 3 is 2.86 bits per heavy atom. The number of carbonyl (C=O) groups is 1. The van der Waals surface area contributed by atoms with Gasteiger partial charge in [0.2, 0.25) is 0 Å². The summed E-state index contributed by atoms with van der Waals surface area (Å²) in [7, 11) is 0. The summed E-state index contributed by atoms with van der Waals surface area (Å²) in [6.07, 6.45) is 0. The largest absolute Gasteiger partial charge is 0.755 e. The van der Waals surface area contributed by atoms with Crippen molar-refractivity contribution >= 4 is 34.8 Å². The molecule has 0 radical (unpaired) electrons. The van der Waals surface area contributed by atoms with Gasteiger partial charge in [-0.25, -0.2) is 4.79 Å². The van der Waals surface area contributed by atoms with Crippen molar-refractivity contribution in [3.05, 3.63) is 29.8 Å². The second kappa shape index (κ2) is 4.94.